The van der Waals surface area contributed by atoms with Crippen molar-refractivity contribution in [3.05, 3.63) is 48.3 Å². The lowest BCUT2D eigenvalue weighted by atomic mass is 10.1. The SMILES string of the molecule is Cn1cc([C@H]2CCCN2C(=O)COCCOc2ccccc2)cn1. The lowest BCUT2D eigenvalue weighted by molar-refractivity contribution is -0.137. The number of aryl methyl sites for hydroxylation is 1. The highest BCUT2D eigenvalue weighted by Crippen LogP contribution is 2.31. The van der Waals surface area contributed by atoms with Crippen LogP contribution in [0.3, 0.4) is 0 Å². The van der Waals surface area contributed by atoms with Crippen LogP contribution in [0.1, 0.15) is 24.4 Å². The van der Waals surface area contributed by atoms with Crippen molar-refractivity contribution in [3.63, 3.8) is 0 Å². The molecule has 128 valence electrons. The first-order valence-electron chi connectivity index (χ1n) is 8.27. The Kier molecular flexibility index (Phi) is 5.48. The van der Waals surface area contributed by atoms with Crippen molar-refractivity contribution in [1.29, 1.82) is 0 Å². The average Bonchev–Trinajstić information content (AvgIpc) is 3.24. The van der Waals surface area contributed by atoms with E-state index in [2.05, 4.69) is 5.10 Å². The van der Waals surface area contributed by atoms with Crippen molar-refractivity contribution in [2.24, 2.45) is 7.05 Å². The summed E-state index contributed by atoms with van der Waals surface area (Å²) in [7, 11) is 1.89. The number of likely N-dealkylation sites (tertiary alicyclic amines) is 1. The van der Waals surface area contributed by atoms with Crippen LogP contribution in [0.5, 0.6) is 5.75 Å². The van der Waals surface area contributed by atoms with Gasteiger partial charge in [0.15, 0.2) is 0 Å². The molecule has 3 rings (SSSR count). The summed E-state index contributed by atoms with van der Waals surface area (Å²) in [6, 6.07) is 9.70. The zero-order valence-corrected chi connectivity index (χ0v) is 13.9. The third-order valence-electron chi connectivity index (χ3n) is 4.15. The molecule has 0 N–H and O–H groups in total. The van der Waals surface area contributed by atoms with Crippen LogP contribution in [0, 0.1) is 0 Å². The number of rotatable bonds is 7. The number of hydrogen-bond acceptors (Lipinski definition) is 4. The summed E-state index contributed by atoms with van der Waals surface area (Å²) in [5, 5.41) is 4.20. The molecule has 1 aliphatic heterocycles. The third kappa shape index (κ3) is 4.14. The Morgan fingerprint density at radius 1 is 1.29 bits per heavy atom. The summed E-state index contributed by atoms with van der Waals surface area (Å²) in [6.45, 7) is 1.70. The fourth-order valence-electron chi connectivity index (χ4n) is 3.00. The van der Waals surface area contributed by atoms with E-state index < -0.39 is 0 Å². The summed E-state index contributed by atoms with van der Waals surface area (Å²) in [5.41, 5.74) is 1.09. The zero-order valence-electron chi connectivity index (χ0n) is 13.9. The molecular weight excluding hydrogens is 306 g/mol. The van der Waals surface area contributed by atoms with Crippen molar-refractivity contribution < 1.29 is 14.3 Å². The number of aromatic nitrogens is 2. The van der Waals surface area contributed by atoms with Crippen LogP contribution in [0.4, 0.5) is 0 Å². The molecule has 2 aromatic rings. The highest BCUT2D eigenvalue weighted by atomic mass is 16.5. The first kappa shape index (κ1) is 16.5. The molecule has 24 heavy (non-hydrogen) atoms. The Bertz CT molecular complexity index is 657. The van der Waals surface area contributed by atoms with Gasteiger partial charge in [0.1, 0.15) is 19.0 Å². The molecule has 2 heterocycles. The van der Waals surface area contributed by atoms with Crippen LogP contribution in [-0.2, 0) is 16.6 Å². The smallest absolute Gasteiger partial charge is 0.249 e. The summed E-state index contributed by atoms with van der Waals surface area (Å²) in [6.07, 6.45) is 5.81. The summed E-state index contributed by atoms with van der Waals surface area (Å²) >= 11 is 0. The quantitative estimate of drug-likeness (QED) is 0.731. The van der Waals surface area contributed by atoms with E-state index in [-0.39, 0.29) is 18.6 Å². The van der Waals surface area contributed by atoms with Crippen LogP contribution in [0.25, 0.3) is 0 Å². The highest BCUT2D eigenvalue weighted by Gasteiger charge is 2.30. The number of amides is 1. The van der Waals surface area contributed by atoms with E-state index in [1.54, 1.807) is 4.68 Å². The molecule has 1 aromatic heterocycles. The number of hydrogen-bond donors (Lipinski definition) is 0. The number of ether oxygens (including phenoxy) is 2. The molecule has 6 nitrogen and oxygen atoms in total. The maximum Gasteiger partial charge on any atom is 0.249 e. The van der Waals surface area contributed by atoms with Gasteiger partial charge < -0.3 is 14.4 Å². The molecule has 1 fully saturated rings. The Balaban J connectivity index is 1.41. The van der Waals surface area contributed by atoms with Crippen molar-refractivity contribution in [1.82, 2.24) is 14.7 Å². The fourth-order valence-corrected chi connectivity index (χ4v) is 3.00. The third-order valence-corrected chi connectivity index (χ3v) is 4.15. The minimum absolute atomic E-state index is 0.0288. The minimum atomic E-state index is 0.0288. The van der Waals surface area contributed by atoms with Crippen LogP contribution >= 0.6 is 0 Å². The first-order chi connectivity index (χ1) is 11.7. The standard InChI is InChI=1S/C18H23N3O3/c1-20-13-15(12-19-20)17-8-5-9-21(17)18(22)14-23-10-11-24-16-6-3-2-4-7-16/h2-4,6-7,12-13,17H,5,8-11,14H2,1H3/t17-/m1/s1. The van der Waals surface area contributed by atoms with Crippen LogP contribution in [-0.4, -0.2) is 47.0 Å². The number of carbonyl (C=O) groups is 1. The molecule has 1 amide bonds. The maximum absolute atomic E-state index is 12.4. The average molecular weight is 329 g/mol. The molecule has 0 radical (unpaired) electrons. The monoisotopic (exact) mass is 329 g/mol. The predicted molar refractivity (Wildman–Crippen MR) is 89.7 cm³/mol. The molecule has 1 saturated heterocycles. The second-order valence-corrected chi connectivity index (χ2v) is 5.91. The van der Waals surface area contributed by atoms with Gasteiger partial charge in [-0.05, 0) is 25.0 Å². The van der Waals surface area contributed by atoms with Gasteiger partial charge >= 0.3 is 0 Å². The van der Waals surface area contributed by atoms with Crippen molar-refractivity contribution >= 4 is 5.91 Å². The van der Waals surface area contributed by atoms with E-state index in [9.17, 15) is 4.79 Å². The first-order valence-corrected chi connectivity index (χ1v) is 8.27. The predicted octanol–water partition coefficient (Wildman–Crippen LogP) is 2.18. The van der Waals surface area contributed by atoms with E-state index in [1.807, 2.05) is 54.7 Å². The minimum Gasteiger partial charge on any atom is -0.491 e. The van der Waals surface area contributed by atoms with E-state index >= 15 is 0 Å². The number of para-hydroxylation sites is 1. The topological polar surface area (TPSA) is 56.6 Å². The number of benzene rings is 1. The van der Waals surface area contributed by atoms with E-state index in [0.717, 1.165) is 30.7 Å². The lowest BCUT2D eigenvalue weighted by Gasteiger charge is -2.23. The van der Waals surface area contributed by atoms with Crippen LogP contribution in [0.2, 0.25) is 0 Å². The van der Waals surface area contributed by atoms with Gasteiger partial charge in [-0.15, -0.1) is 0 Å². The van der Waals surface area contributed by atoms with Gasteiger partial charge in [0, 0.05) is 25.4 Å². The van der Waals surface area contributed by atoms with Crippen LogP contribution < -0.4 is 4.74 Å². The van der Waals surface area contributed by atoms with Gasteiger partial charge in [-0.1, -0.05) is 18.2 Å². The molecule has 0 bridgehead atoms. The Hall–Kier alpha value is -2.34. The molecule has 1 atom stereocenters. The Labute approximate surface area is 142 Å². The second-order valence-electron chi connectivity index (χ2n) is 5.91. The summed E-state index contributed by atoms with van der Waals surface area (Å²) in [5.74, 6) is 0.838. The number of nitrogens with zero attached hydrogens (tertiary/aromatic N) is 3. The van der Waals surface area contributed by atoms with E-state index in [4.69, 9.17) is 9.47 Å². The van der Waals surface area contributed by atoms with Gasteiger partial charge in [-0.25, -0.2) is 0 Å². The van der Waals surface area contributed by atoms with Crippen LogP contribution in [0.15, 0.2) is 42.7 Å². The molecule has 0 unspecified atom stereocenters. The second kappa shape index (κ2) is 7.97. The summed E-state index contributed by atoms with van der Waals surface area (Å²) < 4.78 is 12.8. The molecule has 1 aromatic carbocycles. The van der Waals surface area contributed by atoms with Gasteiger partial charge in [0.25, 0.3) is 0 Å². The molecule has 6 heteroatoms. The zero-order chi connectivity index (χ0) is 16.8. The Morgan fingerprint density at radius 3 is 2.88 bits per heavy atom. The van der Waals surface area contributed by atoms with Crippen molar-refractivity contribution in [3.8, 4) is 5.75 Å². The Morgan fingerprint density at radius 2 is 2.12 bits per heavy atom. The highest BCUT2D eigenvalue weighted by molar-refractivity contribution is 5.78. The normalized spacial score (nSPS) is 17.2. The van der Waals surface area contributed by atoms with Gasteiger partial charge in [-0.3, -0.25) is 9.48 Å². The molecular formula is C18H23N3O3. The van der Waals surface area contributed by atoms with E-state index in [0.29, 0.717) is 13.2 Å². The summed E-state index contributed by atoms with van der Waals surface area (Å²) in [4.78, 5) is 14.3. The maximum atomic E-state index is 12.4. The lowest BCUT2D eigenvalue weighted by Crippen LogP contribution is -2.33. The van der Waals surface area contributed by atoms with Crippen molar-refractivity contribution in [2.45, 2.75) is 18.9 Å². The largest absolute Gasteiger partial charge is 0.491 e. The van der Waals surface area contributed by atoms with Gasteiger partial charge in [0.2, 0.25) is 5.91 Å². The fraction of sp³-hybridized carbons (Fsp3) is 0.444. The number of carbonyl (C=O) groups excluding carboxylic acids is 1. The van der Waals surface area contributed by atoms with Gasteiger partial charge in [0.05, 0.1) is 18.8 Å². The van der Waals surface area contributed by atoms with E-state index in [1.165, 1.54) is 0 Å². The van der Waals surface area contributed by atoms with Crippen molar-refractivity contribution in [2.75, 3.05) is 26.4 Å². The molecule has 0 saturated carbocycles. The molecule has 0 spiro atoms. The molecule has 0 aliphatic carbocycles. The van der Waals surface area contributed by atoms with Gasteiger partial charge in [-0.2, -0.15) is 5.10 Å². The molecule has 1 aliphatic rings.